The second-order valence-electron chi connectivity index (χ2n) is 8.66. The summed E-state index contributed by atoms with van der Waals surface area (Å²) < 4.78 is 0. The molecule has 0 N–H and O–H groups in total. The van der Waals surface area contributed by atoms with Crippen LogP contribution < -0.4 is 0 Å². The van der Waals surface area contributed by atoms with Crippen molar-refractivity contribution in [3.8, 4) is 6.07 Å². The molecule has 118 valence electrons. The van der Waals surface area contributed by atoms with Crippen molar-refractivity contribution in [2.24, 2.45) is 40.9 Å². The Balaban J connectivity index is 1.68. The number of nitriles is 1. The average Bonchev–Trinajstić information content (AvgIpc) is 2.83. The van der Waals surface area contributed by atoms with Crippen molar-refractivity contribution in [2.75, 3.05) is 0 Å². The van der Waals surface area contributed by atoms with Crippen molar-refractivity contribution in [1.29, 1.82) is 5.26 Å². The summed E-state index contributed by atoms with van der Waals surface area (Å²) >= 11 is 0. The molecule has 2 heteroatoms. The maximum atomic E-state index is 11.8. The van der Waals surface area contributed by atoms with E-state index in [1.807, 2.05) is 6.08 Å². The minimum atomic E-state index is 0.260. The summed E-state index contributed by atoms with van der Waals surface area (Å²) in [5.41, 5.74) is 1.72. The van der Waals surface area contributed by atoms with E-state index in [9.17, 15) is 10.1 Å². The number of hydrogen-bond acceptors (Lipinski definition) is 2. The van der Waals surface area contributed by atoms with Crippen LogP contribution in [0.4, 0.5) is 0 Å². The van der Waals surface area contributed by atoms with Gasteiger partial charge in [0, 0.05) is 6.42 Å². The molecule has 0 aromatic rings. The van der Waals surface area contributed by atoms with Crippen LogP contribution >= 0.6 is 0 Å². The number of carbonyl (C=O) groups excluding carboxylic acids is 1. The quantitative estimate of drug-likeness (QED) is 0.660. The minimum Gasteiger partial charge on any atom is -0.295 e. The molecule has 0 aliphatic heterocycles. The van der Waals surface area contributed by atoms with Crippen molar-refractivity contribution in [3.63, 3.8) is 0 Å². The summed E-state index contributed by atoms with van der Waals surface area (Å²) in [4.78, 5) is 11.8. The number of rotatable bonds is 0. The highest BCUT2D eigenvalue weighted by molar-refractivity contribution is 5.91. The third kappa shape index (κ3) is 1.87. The molecule has 4 aliphatic carbocycles. The van der Waals surface area contributed by atoms with Crippen molar-refractivity contribution in [1.82, 2.24) is 0 Å². The Morgan fingerprint density at radius 1 is 1.27 bits per heavy atom. The molecule has 0 saturated heterocycles. The van der Waals surface area contributed by atoms with E-state index in [1.54, 1.807) is 0 Å². The molecule has 0 aromatic heterocycles. The first-order valence-corrected chi connectivity index (χ1v) is 9.17. The van der Waals surface area contributed by atoms with Crippen molar-refractivity contribution in [2.45, 2.75) is 58.8 Å². The first-order valence-electron chi connectivity index (χ1n) is 9.17. The van der Waals surface area contributed by atoms with Gasteiger partial charge in [0.2, 0.25) is 0 Å². The number of fused-ring (bicyclic) bond motifs is 5. The molecule has 0 radical (unpaired) electrons. The van der Waals surface area contributed by atoms with E-state index < -0.39 is 0 Å². The fourth-order valence-electron chi connectivity index (χ4n) is 6.80. The highest BCUT2D eigenvalue weighted by Gasteiger charge is 2.57. The number of carbonyl (C=O) groups is 1. The normalized spacial score (nSPS) is 50.4. The van der Waals surface area contributed by atoms with Gasteiger partial charge in [0.25, 0.3) is 0 Å². The second kappa shape index (κ2) is 4.95. The van der Waals surface area contributed by atoms with Gasteiger partial charge in [-0.25, -0.2) is 0 Å². The van der Waals surface area contributed by atoms with E-state index in [4.69, 9.17) is 0 Å². The lowest BCUT2D eigenvalue weighted by molar-refractivity contribution is -0.116. The van der Waals surface area contributed by atoms with Gasteiger partial charge >= 0.3 is 0 Å². The predicted molar refractivity (Wildman–Crippen MR) is 85.7 cm³/mol. The molecule has 3 saturated carbocycles. The zero-order valence-corrected chi connectivity index (χ0v) is 13.8. The summed E-state index contributed by atoms with van der Waals surface area (Å²) in [7, 11) is 0. The van der Waals surface area contributed by atoms with Gasteiger partial charge in [-0.2, -0.15) is 5.26 Å². The zero-order valence-electron chi connectivity index (χ0n) is 13.8. The lowest BCUT2D eigenvalue weighted by atomic mass is 9.49. The Bertz CT molecular complexity index is 571. The first kappa shape index (κ1) is 14.5. The van der Waals surface area contributed by atoms with Crippen molar-refractivity contribution >= 4 is 5.78 Å². The van der Waals surface area contributed by atoms with Gasteiger partial charge < -0.3 is 0 Å². The topological polar surface area (TPSA) is 40.9 Å². The lowest BCUT2D eigenvalue weighted by Gasteiger charge is -2.55. The summed E-state index contributed by atoms with van der Waals surface area (Å²) in [6.07, 6.45) is 9.82. The molecule has 0 spiro atoms. The molecular weight excluding hydrogens is 270 g/mol. The van der Waals surface area contributed by atoms with Gasteiger partial charge in [0.1, 0.15) is 0 Å². The molecule has 0 bridgehead atoms. The minimum absolute atomic E-state index is 0.260. The highest BCUT2D eigenvalue weighted by Crippen LogP contribution is 2.64. The maximum Gasteiger partial charge on any atom is 0.155 e. The predicted octanol–water partition coefficient (Wildman–Crippen LogP) is 4.51. The van der Waals surface area contributed by atoms with Crippen LogP contribution in [0.15, 0.2) is 11.6 Å². The van der Waals surface area contributed by atoms with Crippen LogP contribution in [0.3, 0.4) is 0 Å². The summed E-state index contributed by atoms with van der Waals surface area (Å²) in [6, 6.07) is 2.62. The fraction of sp³-hybridized carbons (Fsp3) is 0.800. The lowest BCUT2D eigenvalue weighted by Crippen LogP contribution is -2.49. The first-order chi connectivity index (χ1) is 10.5. The van der Waals surface area contributed by atoms with Gasteiger partial charge in [-0.05, 0) is 79.6 Å². The van der Waals surface area contributed by atoms with Crippen LogP contribution in [0.25, 0.3) is 0 Å². The molecule has 0 aromatic carbocycles. The monoisotopic (exact) mass is 297 g/mol. The highest BCUT2D eigenvalue weighted by atomic mass is 16.1. The van der Waals surface area contributed by atoms with E-state index >= 15 is 0 Å². The number of ketones is 1. The summed E-state index contributed by atoms with van der Waals surface area (Å²) in [6.45, 7) is 4.80. The number of nitrogens with zero attached hydrogens (tertiary/aromatic N) is 1. The van der Waals surface area contributed by atoms with Crippen molar-refractivity contribution in [3.05, 3.63) is 11.6 Å². The van der Waals surface area contributed by atoms with Gasteiger partial charge in [0.05, 0.1) is 12.0 Å². The third-order valence-corrected chi connectivity index (χ3v) is 7.80. The van der Waals surface area contributed by atoms with Crippen LogP contribution in [0.5, 0.6) is 0 Å². The molecule has 4 rings (SSSR count). The Morgan fingerprint density at radius 2 is 2.09 bits per heavy atom. The molecule has 7 atom stereocenters. The molecule has 0 heterocycles. The molecule has 4 aliphatic rings. The van der Waals surface area contributed by atoms with E-state index in [-0.39, 0.29) is 11.3 Å². The largest absolute Gasteiger partial charge is 0.295 e. The van der Waals surface area contributed by atoms with Crippen LogP contribution in [0.1, 0.15) is 58.8 Å². The van der Waals surface area contributed by atoms with Crippen molar-refractivity contribution < 1.29 is 4.79 Å². The fourth-order valence-corrected chi connectivity index (χ4v) is 6.80. The standard InChI is InChI=1S/C20H27NO/c1-12-9-13-10-15(22)4-5-16(13)17-7-8-20(2)14(11-21)3-6-18(20)19(12)17/h10,12,14,16-19H,3-9H2,1-2H3/t12-,14+,16-,17+,18-,19+,20+/m0/s1. The third-order valence-electron chi connectivity index (χ3n) is 7.80. The van der Waals surface area contributed by atoms with Crippen LogP contribution in [0, 0.1) is 52.3 Å². The summed E-state index contributed by atoms with van der Waals surface area (Å²) in [5.74, 6) is 4.28. The van der Waals surface area contributed by atoms with Gasteiger partial charge in [-0.15, -0.1) is 0 Å². The molecule has 0 unspecified atom stereocenters. The van der Waals surface area contributed by atoms with E-state index in [1.165, 1.54) is 24.8 Å². The van der Waals surface area contributed by atoms with Crippen LogP contribution in [0.2, 0.25) is 0 Å². The SMILES string of the molecule is C[C@H]1CC2=CC(=O)CC[C@@H]2[C@H]2CC[C@]3(C)[C@@H](C#N)CC[C@H]3[C@@H]21. The van der Waals surface area contributed by atoms with Gasteiger partial charge in [0.15, 0.2) is 5.78 Å². The Kier molecular flexibility index (Phi) is 3.26. The van der Waals surface area contributed by atoms with E-state index in [2.05, 4.69) is 19.9 Å². The Labute approximate surface area is 134 Å². The molecule has 22 heavy (non-hydrogen) atoms. The summed E-state index contributed by atoms with van der Waals surface area (Å²) in [5, 5.41) is 9.55. The average molecular weight is 297 g/mol. The van der Waals surface area contributed by atoms with Crippen LogP contribution in [-0.4, -0.2) is 5.78 Å². The number of allylic oxidation sites excluding steroid dienone is 1. The Hall–Kier alpha value is -1.10. The number of hydrogen-bond donors (Lipinski definition) is 0. The van der Waals surface area contributed by atoms with E-state index in [0.717, 1.165) is 43.4 Å². The maximum absolute atomic E-state index is 11.8. The zero-order chi connectivity index (χ0) is 15.5. The smallest absolute Gasteiger partial charge is 0.155 e. The molecule has 2 nitrogen and oxygen atoms in total. The van der Waals surface area contributed by atoms with Gasteiger partial charge in [-0.1, -0.05) is 19.4 Å². The van der Waals surface area contributed by atoms with Crippen LogP contribution in [-0.2, 0) is 4.79 Å². The molecule has 0 amide bonds. The molecular formula is C20H27NO. The van der Waals surface area contributed by atoms with Gasteiger partial charge in [-0.3, -0.25) is 4.79 Å². The molecule has 3 fully saturated rings. The van der Waals surface area contributed by atoms with E-state index in [0.29, 0.717) is 17.6 Å². The second-order valence-corrected chi connectivity index (χ2v) is 8.66. The Morgan fingerprint density at radius 3 is 2.86 bits per heavy atom.